The molecule has 1 amide bonds. The molecule has 2 aromatic carbocycles. The Kier molecular flexibility index (Phi) is 5.14. The fraction of sp³-hybridized carbons (Fsp3) is 0.0556. The Morgan fingerprint density at radius 1 is 0.964 bits per heavy atom. The van der Waals surface area contributed by atoms with E-state index >= 15 is 0 Å². The first-order chi connectivity index (χ1) is 13.1. The van der Waals surface area contributed by atoms with Crippen molar-refractivity contribution in [3.8, 4) is 0 Å². The van der Waals surface area contributed by atoms with Crippen molar-refractivity contribution in [3.63, 3.8) is 0 Å². The zero-order chi connectivity index (χ0) is 20.4. The van der Waals surface area contributed by atoms with Gasteiger partial charge in [0.05, 0.1) is 22.3 Å². The summed E-state index contributed by atoms with van der Waals surface area (Å²) in [5.41, 5.74) is -0.773. The standard InChI is InChI=1S/C18H13F3N2O4S/c19-18(20,21)13-3-1-5-15(9-13)23-28(25,26)16-6-2-4-14(10-16)22-17(24)12-7-8-27-11-12/h1-11,23H,(H,22,24). The molecular formula is C18H13F3N2O4S. The van der Waals surface area contributed by atoms with Crippen molar-refractivity contribution >= 4 is 27.3 Å². The number of hydrogen-bond acceptors (Lipinski definition) is 4. The molecule has 0 radical (unpaired) electrons. The highest BCUT2D eigenvalue weighted by atomic mass is 32.2. The fourth-order valence-corrected chi connectivity index (χ4v) is 3.41. The highest BCUT2D eigenvalue weighted by molar-refractivity contribution is 7.92. The minimum atomic E-state index is -4.60. The highest BCUT2D eigenvalue weighted by Gasteiger charge is 2.30. The number of carbonyl (C=O) groups excluding carboxylic acids is 1. The van der Waals surface area contributed by atoms with Crippen LogP contribution < -0.4 is 10.0 Å². The van der Waals surface area contributed by atoms with Crippen molar-refractivity contribution in [2.75, 3.05) is 10.0 Å². The van der Waals surface area contributed by atoms with Gasteiger partial charge in [0.25, 0.3) is 15.9 Å². The van der Waals surface area contributed by atoms with Crippen molar-refractivity contribution in [3.05, 3.63) is 78.3 Å². The molecule has 146 valence electrons. The van der Waals surface area contributed by atoms with E-state index in [-0.39, 0.29) is 21.8 Å². The number of anilines is 2. The molecule has 1 aromatic heterocycles. The quantitative estimate of drug-likeness (QED) is 0.655. The van der Waals surface area contributed by atoms with Gasteiger partial charge in [-0.2, -0.15) is 13.2 Å². The van der Waals surface area contributed by atoms with Crippen LogP contribution in [-0.4, -0.2) is 14.3 Å². The lowest BCUT2D eigenvalue weighted by atomic mass is 10.2. The molecule has 0 saturated heterocycles. The number of benzene rings is 2. The van der Waals surface area contributed by atoms with Crippen molar-refractivity contribution in [2.24, 2.45) is 0 Å². The molecule has 0 fully saturated rings. The predicted molar refractivity (Wildman–Crippen MR) is 95.4 cm³/mol. The van der Waals surface area contributed by atoms with E-state index in [0.29, 0.717) is 6.07 Å². The monoisotopic (exact) mass is 410 g/mol. The third-order valence-corrected chi connectivity index (χ3v) is 5.01. The van der Waals surface area contributed by atoms with Crippen LogP contribution in [0.3, 0.4) is 0 Å². The summed E-state index contributed by atoms with van der Waals surface area (Å²) in [5.74, 6) is -0.505. The zero-order valence-corrected chi connectivity index (χ0v) is 14.8. The van der Waals surface area contributed by atoms with Gasteiger partial charge in [-0.1, -0.05) is 12.1 Å². The van der Waals surface area contributed by atoms with Gasteiger partial charge in [-0.25, -0.2) is 8.42 Å². The van der Waals surface area contributed by atoms with Crippen LogP contribution in [0.15, 0.2) is 76.4 Å². The number of amides is 1. The number of alkyl halides is 3. The van der Waals surface area contributed by atoms with Gasteiger partial charge < -0.3 is 9.73 Å². The Labute approximate surface area is 158 Å². The maximum Gasteiger partial charge on any atom is 0.416 e. The van der Waals surface area contributed by atoms with E-state index in [1.54, 1.807) is 0 Å². The second-order valence-electron chi connectivity index (χ2n) is 5.68. The fourth-order valence-electron chi connectivity index (χ4n) is 2.31. The van der Waals surface area contributed by atoms with Crippen LogP contribution >= 0.6 is 0 Å². The summed E-state index contributed by atoms with van der Waals surface area (Å²) in [5, 5.41) is 2.51. The maximum atomic E-state index is 12.8. The number of hydrogen-bond donors (Lipinski definition) is 2. The lowest BCUT2D eigenvalue weighted by Crippen LogP contribution is -2.15. The molecule has 6 nitrogen and oxygen atoms in total. The van der Waals surface area contributed by atoms with Crippen LogP contribution in [0, 0.1) is 0 Å². The number of rotatable bonds is 5. The molecule has 3 aromatic rings. The molecule has 0 aliphatic rings. The van der Waals surface area contributed by atoms with Crippen LogP contribution in [-0.2, 0) is 16.2 Å². The topological polar surface area (TPSA) is 88.4 Å². The molecule has 0 aliphatic heterocycles. The van der Waals surface area contributed by atoms with Gasteiger partial charge in [0.2, 0.25) is 0 Å². The van der Waals surface area contributed by atoms with Crippen LogP contribution in [0.2, 0.25) is 0 Å². The van der Waals surface area contributed by atoms with Crippen LogP contribution in [0.4, 0.5) is 24.5 Å². The minimum absolute atomic E-state index is 0.193. The summed E-state index contributed by atoms with van der Waals surface area (Å²) in [4.78, 5) is 11.8. The van der Waals surface area contributed by atoms with Gasteiger partial charge in [-0.3, -0.25) is 9.52 Å². The van der Waals surface area contributed by atoms with Gasteiger partial charge in [0, 0.05) is 11.4 Å². The molecule has 10 heteroatoms. The third-order valence-electron chi connectivity index (χ3n) is 3.63. The molecule has 0 saturated carbocycles. The first-order valence-electron chi connectivity index (χ1n) is 7.79. The van der Waals surface area contributed by atoms with Gasteiger partial charge in [-0.05, 0) is 42.5 Å². The van der Waals surface area contributed by atoms with Gasteiger partial charge in [0.1, 0.15) is 6.26 Å². The van der Waals surface area contributed by atoms with Crippen LogP contribution in [0.5, 0.6) is 0 Å². The summed E-state index contributed by atoms with van der Waals surface area (Å²) < 4.78 is 70.3. The van der Waals surface area contributed by atoms with Gasteiger partial charge in [0.15, 0.2) is 0 Å². The number of halogens is 3. The Bertz CT molecular complexity index is 1090. The van der Waals surface area contributed by atoms with E-state index in [2.05, 4.69) is 10.0 Å². The first kappa shape index (κ1) is 19.5. The van der Waals surface area contributed by atoms with Crippen molar-refractivity contribution < 1.29 is 30.8 Å². The molecule has 28 heavy (non-hydrogen) atoms. The number of furan rings is 1. The van der Waals surface area contributed by atoms with Crippen LogP contribution in [0.1, 0.15) is 15.9 Å². The van der Waals surface area contributed by atoms with Crippen LogP contribution in [0.25, 0.3) is 0 Å². The Morgan fingerprint density at radius 3 is 2.36 bits per heavy atom. The van der Waals surface area contributed by atoms with E-state index in [1.165, 1.54) is 48.9 Å². The molecular weight excluding hydrogens is 397 g/mol. The number of carbonyl (C=O) groups is 1. The molecule has 0 atom stereocenters. The summed E-state index contributed by atoms with van der Waals surface area (Å²) in [6, 6.07) is 10.6. The lowest BCUT2D eigenvalue weighted by molar-refractivity contribution is -0.137. The summed E-state index contributed by atoms with van der Waals surface area (Å²) in [7, 11) is -4.17. The second-order valence-corrected chi connectivity index (χ2v) is 7.36. The number of sulfonamides is 1. The number of nitrogens with one attached hydrogen (secondary N) is 2. The average molecular weight is 410 g/mol. The van der Waals surface area contributed by atoms with Gasteiger partial charge >= 0.3 is 6.18 Å². The van der Waals surface area contributed by atoms with E-state index in [9.17, 15) is 26.4 Å². The second kappa shape index (κ2) is 7.39. The normalized spacial score (nSPS) is 11.8. The average Bonchev–Trinajstić information content (AvgIpc) is 3.16. The molecule has 0 bridgehead atoms. The maximum absolute atomic E-state index is 12.8. The SMILES string of the molecule is O=C(Nc1cccc(S(=O)(=O)Nc2cccc(C(F)(F)F)c2)c1)c1ccoc1. The smallest absolute Gasteiger partial charge is 0.416 e. The Morgan fingerprint density at radius 2 is 1.68 bits per heavy atom. The molecule has 1 heterocycles. The molecule has 0 aliphatic carbocycles. The molecule has 3 rings (SSSR count). The van der Waals surface area contributed by atoms with E-state index in [4.69, 9.17) is 4.42 Å². The Balaban J connectivity index is 1.82. The summed E-state index contributed by atoms with van der Waals surface area (Å²) in [6.45, 7) is 0. The van der Waals surface area contributed by atoms with Crippen molar-refractivity contribution in [1.82, 2.24) is 0 Å². The van der Waals surface area contributed by atoms with Crippen molar-refractivity contribution in [2.45, 2.75) is 11.1 Å². The molecule has 0 unspecified atom stereocenters. The molecule has 2 N–H and O–H groups in total. The largest absolute Gasteiger partial charge is 0.472 e. The zero-order valence-electron chi connectivity index (χ0n) is 14.0. The minimum Gasteiger partial charge on any atom is -0.472 e. The Hall–Kier alpha value is -3.27. The molecule has 0 spiro atoms. The lowest BCUT2D eigenvalue weighted by Gasteiger charge is -2.12. The van der Waals surface area contributed by atoms with E-state index < -0.39 is 27.7 Å². The predicted octanol–water partition coefficient (Wildman–Crippen LogP) is 4.35. The van der Waals surface area contributed by atoms with Gasteiger partial charge in [-0.15, -0.1) is 0 Å². The van der Waals surface area contributed by atoms with E-state index in [0.717, 1.165) is 12.1 Å². The van der Waals surface area contributed by atoms with Crippen molar-refractivity contribution in [1.29, 1.82) is 0 Å². The summed E-state index contributed by atoms with van der Waals surface area (Å²) >= 11 is 0. The summed E-state index contributed by atoms with van der Waals surface area (Å²) in [6.07, 6.45) is -2.06. The first-order valence-corrected chi connectivity index (χ1v) is 9.27. The van der Waals surface area contributed by atoms with E-state index in [1.807, 2.05) is 0 Å². The third kappa shape index (κ3) is 4.52. The highest BCUT2D eigenvalue weighted by Crippen LogP contribution is 2.31.